The van der Waals surface area contributed by atoms with Gasteiger partial charge in [-0.15, -0.1) is 0 Å². The molecule has 2 saturated heterocycles. The highest BCUT2D eigenvalue weighted by Crippen LogP contribution is 2.21. The van der Waals surface area contributed by atoms with Crippen molar-refractivity contribution in [1.82, 2.24) is 10.2 Å². The Morgan fingerprint density at radius 3 is 2.68 bits per heavy atom. The van der Waals surface area contributed by atoms with Crippen LogP contribution in [0.3, 0.4) is 0 Å². The van der Waals surface area contributed by atoms with Crippen molar-refractivity contribution in [3.8, 4) is 0 Å². The number of hydrogen-bond donors (Lipinski definition) is 2. The molecule has 7 heteroatoms. The van der Waals surface area contributed by atoms with Crippen molar-refractivity contribution in [3.05, 3.63) is 0 Å². The highest BCUT2D eigenvalue weighted by Gasteiger charge is 2.30. The van der Waals surface area contributed by atoms with Gasteiger partial charge in [0.15, 0.2) is 0 Å². The maximum Gasteiger partial charge on any atom is 0.305 e. The van der Waals surface area contributed by atoms with Crippen LogP contribution in [-0.2, 0) is 9.59 Å². The molecule has 1 amide bonds. The van der Waals surface area contributed by atoms with Gasteiger partial charge in [-0.1, -0.05) is 0 Å². The third-order valence-corrected chi connectivity index (χ3v) is 5.60. The maximum atomic E-state index is 12.3. The van der Waals surface area contributed by atoms with Crippen molar-refractivity contribution in [3.63, 3.8) is 0 Å². The van der Waals surface area contributed by atoms with E-state index in [0.29, 0.717) is 13.0 Å². The van der Waals surface area contributed by atoms with Gasteiger partial charge in [0.2, 0.25) is 5.91 Å². The summed E-state index contributed by atoms with van der Waals surface area (Å²) in [5.74, 6) is 3.01. The second-order valence-electron chi connectivity index (χ2n) is 4.84. The monoisotopic (exact) mass is 304 g/mol. The number of nitrogens with zero attached hydrogens (tertiary/aromatic N) is 1. The molecule has 2 atom stereocenters. The molecule has 19 heavy (non-hydrogen) atoms. The van der Waals surface area contributed by atoms with E-state index in [4.69, 9.17) is 5.11 Å². The minimum Gasteiger partial charge on any atom is -0.481 e. The van der Waals surface area contributed by atoms with Gasteiger partial charge in [0.1, 0.15) is 0 Å². The molecule has 2 N–H and O–H groups in total. The van der Waals surface area contributed by atoms with Crippen molar-refractivity contribution in [2.45, 2.75) is 24.9 Å². The van der Waals surface area contributed by atoms with E-state index in [1.165, 1.54) is 0 Å². The Kier molecular flexibility index (Phi) is 5.84. The molecule has 0 aromatic rings. The van der Waals surface area contributed by atoms with E-state index in [-0.39, 0.29) is 24.4 Å². The lowest BCUT2D eigenvalue weighted by atomic mass is 10.1. The first-order valence-corrected chi connectivity index (χ1v) is 8.88. The fraction of sp³-hybridized carbons (Fsp3) is 0.833. The average molecular weight is 304 g/mol. The quantitative estimate of drug-likeness (QED) is 0.788. The van der Waals surface area contributed by atoms with Gasteiger partial charge < -0.3 is 15.3 Å². The topological polar surface area (TPSA) is 69.6 Å². The first-order chi connectivity index (χ1) is 9.16. The highest BCUT2D eigenvalue weighted by molar-refractivity contribution is 7.99. The van der Waals surface area contributed by atoms with Crippen LogP contribution in [0, 0.1) is 0 Å². The summed E-state index contributed by atoms with van der Waals surface area (Å²) in [4.78, 5) is 25.0. The Morgan fingerprint density at radius 1 is 1.21 bits per heavy atom. The lowest BCUT2D eigenvalue weighted by Gasteiger charge is -2.36. The van der Waals surface area contributed by atoms with Gasteiger partial charge in [0.25, 0.3) is 0 Å². The second kappa shape index (κ2) is 7.40. The minimum absolute atomic E-state index is 0.0611. The molecule has 2 rings (SSSR count). The van der Waals surface area contributed by atoms with Crippen LogP contribution in [0.5, 0.6) is 0 Å². The van der Waals surface area contributed by atoms with E-state index in [1.54, 1.807) is 16.7 Å². The molecule has 0 saturated carbocycles. The SMILES string of the molecule is O=C(O)CC1CSCCN1C(=O)CC1CSCCN1. The normalized spacial score (nSPS) is 28.1. The largest absolute Gasteiger partial charge is 0.481 e. The standard InChI is InChI=1S/C12H20N2O3S2/c15-11(5-9-7-18-3-1-13-9)14-2-4-19-8-10(14)6-12(16)17/h9-10,13H,1-8H2,(H,16,17). The molecule has 2 aliphatic heterocycles. The second-order valence-corrected chi connectivity index (χ2v) is 7.14. The van der Waals surface area contributed by atoms with Crippen LogP contribution in [0.25, 0.3) is 0 Å². The first kappa shape index (κ1) is 15.0. The predicted octanol–water partition coefficient (Wildman–Crippen LogP) is 0.500. The van der Waals surface area contributed by atoms with E-state index in [2.05, 4.69) is 5.32 Å². The van der Waals surface area contributed by atoms with E-state index in [9.17, 15) is 9.59 Å². The van der Waals surface area contributed by atoms with Crippen LogP contribution in [0.15, 0.2) is 0 Å². The molecule has 0 spiro atoms. The van der Waals surface area contributed by atoms with Gasteiger partial charge in [0.05, 0.1) is 12.5 Å². The summed E-state index contributed by atoms with van der Waals surface area (Å²) in [5.41, 5.74) is 0. The molecule has 0 bridgehead atoms. The Labute approximate surface area is 121 Å². The van der Waals surface area contributed by atoms with E-state index >= 15 is 0 Å². The van der Waals surface area contributed by atoms with Gasteiger partial charge in [-0.05, 0) is 0 Å². The number of amides is 1. The molecule has 108 valence electrons. The van der Waals surface area contributed by atoms with Gasteiger partial charge in [-0.2, -0.15) is 23.5 Å². The maximum absolute atomic E-state index is 12.3. The zero-order valence-corrected chi connectivity index (χ0v) is 12.5. The number of aliphatic carboxylic acids is 1. The summed E-state index contributed by atoms with van der Waals surface area (Å²) in [6, 6.07) is 0.103. The molecular weight excluding hydrogens is 284 g/mol. The van der Waals surface area contributed by atoms with Gasteiger partial charge in [0, 0.05) is 48.6 Å². The molecule has 0 aromatic carbocycles. The van der Waals surface area contributed by atoms with Gasteiger partial charge in [-0.3, -0.25) is 9.59 Å². The number of hydrogen-bond acceptors (Lipinski definition) is 5. The summed E-state index contributed by atoms with van der Waals surface area (Å²) in [6.45, 7) is 1.64. The Bertz CT molecular complexity index is 335. The van der Waals surface area contributed by atoms with Crippen molar-refractivity contribution >= 4 is 35.4 Å². The molecular formula is C12H20N2O3S2. The van der Waals surface area contributed by atoms with Crippen LogP contribution in [-0.4, -0.2) is 70.1 Å². The third kappa shape index (κ3) is 4.57. The fourth-order valence-corrected chi connectivity index (χ4v) is 4.44. The molecule has 0 aromatic heterocycles. The summed E-state index contributed by atoms with van der Waals surface area (Å²) in [5, 5.41) is 12.3. The number of rotatable bonds is 4. The number of carboxylic acid groups (broad SMARTS) is 1. The lowest BCUT2D eigenvalue weighted by Crippen LogP contribution is -2.50. The summed E-state index contributed by atoms with van der Waals surface area (Å²) < 4.78 is 0. The van der Waals surface area contributed by atoms with E-state index < -0.39 is 5.97 Å². The Balaban J connectivity index is 1.88. The van der Waals surface area contributed by atoms with Crippen LogP contribution < -0.4 is 5.32 Å². The molecule has 0 radical (unpaired) electrons. The summed E-state index contributed by atoms with van der Waals surface area (Å²) >= 11 is 3.61. The van der Waals surface area contributed by atoms with Crippen molar-refractivity contribution < 1.29 is 14.7 Å². The van der Waals surface area contributed by atoms with Gasteiger partial charge >= 0.3 is 5.97 Å². The third-order valence-electron chi connectivity index (χ3n) is 3.38. The van der Waals surface area contributed by atoms with Crippen LogP contribution in [0.2, 0.25) is 0 Å². The Hall–Kier alpha value is -0.400. The zero-order valence-electron chi connectivity index (χ0n) is 10.8. The molecule has 2 heterocycles. The van der Waals surface area contributed by atoms with Crippen LogP contribution >= 0.6 is 23.5 Å². The fourth-order valence-electron chi connectivity index (χ4n) is 2.43. The number of thioether (sulfide) groups is 2. The van der Waals surface area contributed by atoms with E-state index in [0.717, 1.165) is 29.6 Å². The number of carbonyl (C=O) groups is 2. The predicted molar refractivity (Wildman–Crippen MR) is 78.8 cm³/mol. The first-order valence-electron chi connectivity index (χ1n) is 6.57. The number of nitrogens with one attached hydrogen (secondary N) is 1. The summed E-state index contributed by atoms with van der Waals surface area (Å²) in [6.07, 6.45) is 0.555. The lowest BCUT2D eigenvalue weighted by molar-refractivity contribution is -0.140. The number of carbonyl (C=O) groups excluding carboxylic acids is 1. The van der Waals surface area contributed by atoms with Crippen molar-refractivity contribution in [1.29, 1.82) is 0 Å². The molecule has 2 fully saturated rings. The minimum atomic E-state index is -0.823. The van der Waals surface area contributed by atoms with E-state index in [1.807, 2.05) is 11.8 Å². The van der Waals surface area contributed by atoms with Crippen LogP contribution in [0.4, 0.5) is 0 Å². The molecule has 2 unspecified atom stereocenters. The molecule has 2 aliphatic rings. The summed E-state index contributed by atoms with van der Waals surface area (Å²) in [7, 11) is 0. The zero-order chi connectivity index (χ0) is 13.7. The molecule has 0 aliphatic carbocycles. The van der Waals surface area contributed by atoms with Crippen LogP contribution in [0.1, 0.15) is 12.8 Å². The van der Waals surface area contributed by atoms with Crippen molar-refractivity contribution in [2.75, 3.05) is 36.1 Å². The number of carboxylic acids is 1. The Morgan fingerprint density at radius 2 is 2.00 bits per heavy atom. The van der Waals surface area contributed by atoms with Crippen molar-refractivity contribution in [2.24, 2.45) is 0 Å². The molecule has 5 nitrogen and oxygen atoms in total. The average Bonchev–Trinajstić information content (AvgIpc) is 2.39. The van der Waals surface area contributed by atoms with Gasteiger partial charge in [-0.25, -0.2) is 0 Å². The highest BCUT2D eigenvalue weighted by atomic mass is 32.2. The smallest absolute Gasteiger partial charge is 0.305 e.